The number of ketones is 1. The molecule has 0 saturated carbocycles. The maximum Gasteiger partial charge on any atom is 0.162 e. The standard InChI is InChI=1S/C17H22ClN3O2/c1-17(2,3)16(22)14(21-12-19-11-20-21)8-6-10-23-15-9-5-4-7-13(15)18/h4-5,7,9,11-12,14H,6,8,10H2,1-3H3. The monoisotopic (exact) mass is 335 g/mol. The summed E-state index contributed by atoms with van der Waals surface area (Å²) in [4.78, 5) is 16.6. The third-order valence-corrected chi connectivity index (χ3v) is 3.83. The topological polar surface area (TPSA) is 57.0 Å². The fourth-order valence-electron chi connectivity index (χ4n) is 2.28. The molecule has 1 heterocycles. The number of carbonyl (C=O) groups is 1. The van der Waals surface area contributed by atoms with E-state index in [4.69, 9.17) is 16.3 Å². The van der Waals surface area contributed by atoms with Gasteiger partial charge in [0.15, 0.2) is 5.78 Å². The molecule has 23 heavy (non-hydrogen) atoms. The highest BCUT2D eigenvalue weighted by Gasteiger charge is 2.31. The molecule has 1 atom stereocenters. The van der Waals surface area contributed by atoms with Crippen molar-refractivity contribution in [1.29, 1.82) is 0 Å². The Hall–Kier alpha value is -1.88. The third kappa shape index (κ3) is 4.79. The van der Waals surface area contributed by atoms with E-state index in [2.05, 4.69) is 10.1 Å². The van der Waals surface area contributed by atoms with Gasteiger partial charge in [0.1, 0.15) is 24.4 Å². The van der Waals surface area contributed by atoms with E-state index in [1.165, 1.54) is 6.33 Å². The molecule has 6 heteroatoms. The summed E-state index contributed by atoms with van der Waals surface area (Å²) >= 11 is 6.06. The van der Waals surface area contributed by atoms with Crippen LogP contribution in [0.25, 0.3) is 0 Å². The lowest BCUT2D eigenvalue weighted by atomic mass is 9.85. The van der Waals surface area contributed by atoms with Crippen LogP contribution in [0.2, 0.25) is 5.02 Å². The molecule has 0 spiro atoms. The fraction of sp³-hybridized carbons (Fsp3) is 0.471. The molecule has 1 unspecified atom stereocenters. The van der Waals surface area contributed by atoms with Gasteiger partial charge in [-0.15, -0.1) is 0 Å². The minimum absolute atomic E-state index is 0.140. The summed E-state index contributed by atoms with van der Waals surface area (Å²) < 4.78 is 7.31. The molecule has 0 N–H and O–H groups in total. The van der Waals surface area contributed by atoms with Gasteiger partial charge in [-0.25, -0.2) is 9.67 Å². The van der Waals surface area contributed by atoms with Crippen LogP contribution in [-0.2, 0) is 4.79 Å². The van der Waals surface area contributed by atoms with Gasteiger partial charge < -0.3 is 4.74 Å². The number of ether oxygens (including phenoxy) is 1. The largest absolute Gasteiger partial charge is 0.492 e. The first-order valence-corrected chi connectivity index (χ1v) is 8.03. The van der Waals surface area contributed by atoms with Crippen molar-refractivity contribution in [2.24, 2.45) is 5.41 Å². The zero-order valence-corrected chi connectivity index (χ0v) is 14.5. The number of Topliss-reactive ketones (excluding diaryl/α,β-unsaturated/α-hetero) is 1. The summed E-state index contributed by atoms with van der Waals surface area (Å²) in [6.45, 7) is 6.24. The minimum Gasteiger partial charge on any atom is -0.492 e. The number of halogens is 1. The van der Waals surface area contributed by atoms with Crippen LogP contribution in [0.4, 0.5) is 0 Å². The molecule has 2 aromatic rings. The number of aromatic nitrogens is 3. The van der Waals surface area contributed by atoms with Crippen LogP contribution in [0.5, 0.6) is 5.75 Å². The van der Waals surface area contributed by atoms with Crippen molar-refractivity contribution in [3.05, 3.63) is 41.9 Å². The first-order chi connectivity index (χ1) is 10.9. The van der Waals surface area contributed by atoms with Gasteiger partial charge in [-0.2, -0.15) is 5.10 Å². The molecule has 5 nitrogen and oxygen atoms in total. The normalized spacial score (nSPS) is 12.9. The predicted octanol–water partition coefficient (Wildman–Crippen LogP) is 3.95. The first kappa shape index (κ1) is 17.5. The molecule has 2 rings (SSSR count). The summed E-state index contributed by atoms with van der Waals surface area (Å²) in [5, 5.41) is 4.71. The van der Waals surface area contributed by atoms with E-state index >= 15 is 0 Å². The number of benzene rings is 1. The van der Waals surface area contributed by atoms with Gasteiger partial charge in [-0.3, -0.25) is 4.79 Å². The summed E-state index contributed by atoms with van der Waals surface area (Å²) in [7, 11) is 0. The van der Waals surface area contributed by atoms with E-state index in [0.717, 1.165) is 6.42 Å². The van der Waals surface area contributed by atoms with Crippen molar-refractivity contribution in [2.45, 2.75) is 39.7 Å². The van der Waals surface area contributed by atoms with E-state index in [1.54, 1.807) is 17.1 Å². The van der Waals surface area contributed by atoms with Crippen LogP contribution < -0.4 is 4.74 Å². The lowest BCUT2D eigenvalue weighted by Gasteiger charge is -2.24. The number of para-hydroxylation sites is 1. The number of carbonyl (C=O) groups excluding carboxylic acids is 1. The Bertz CT molecular complexity index is 636. The number of nitrogens with zero attached hydrogens (tertiary/aromatic N) is 3. The highest BCUT2D eigenvalue weighted by molar-refractivity contribution is 6.32. The van der Waals surface area contributed by atoms with Gasteiger partial charge in [0.2, 0.25) is 0 Å². The SMILES string of the molecule is CC(C)(C)C(=O)C(CCCOc1ccccc1Cl)n1cncn1. The highest BCUT2D eigenvalue weighted by Crippen LogP contribution is 2.27. The zero-order valence-electron chi connectivity index (χ0n) is 13.7. The molecular weight excluding hydrogens is 314 g/mol. The maximum atomic E-state index is 12.6. The van der Waals surface area contributed by atoms with E-state index in [1.807, 2.05) is 39.0 Å². The van der Waals surface area contributed by atoms with Crippen molar-refractivity contribution in [3.63, 3.8) is 0 Å². The average molecular weight is 336 g/mol. The fourth-order valence-corrected chi connectivity index (χ4v) is 2.47. The van der Waals surface area contributed by atoms with Gasteiger partial charge in [0, 0.05) is 5.41 Å². The number of rotatable bonds is 7. The zero-order chi connectivity index (χ0) is 16.9. The molecular formula is C17H22ClN3O2. The molecule has 0 aliphatic heterocycles. The summed E-state index contributed by atoms with van der Waals surface area (Å²) in [5.41, 5.74) is -0.430. The second kappa shape index (κ2) is 7.59. The quantitative estimate of drug-likeness (QED) is 0.719. The molecule has 124 valence electrons. The molecule has 0 bridgehead atoms. The van der Waals surface area contributed by atoms with Crippen molar-refractivity contribution < 1.29 is 9.53 Å². The average Bonchev–Trinajstić information content (AvgIpc) is 3.01. The van der Waals surface area contributed by atoms with Crippen LogP contribution in [-0.4, -0.2) is 27.2 Å². The number of hydrogen-bond donors (Lipinski definition) is 0. The Morgan fingerprint density at radius 2 is 2.09 bits per heavy atom. The van der Waals surface area contributed by atoms with Gasteiger partial charge in [0.25, 0.3) is 0 Å². The summed E-state index contributed by atoms with van der Waals surface area (Å²) in [5.74, 6) is 0.800. The van der Waals surface area contributed by atoms with E-state index in [0.29, 0.717) is 23.8 Å². The highest BCUT2D eigenvalue weighted by atomic mass is 35.5. The van der Waals surface area contributed by atoms with E-state index in [-0.39, 0.29) is 11.8 Å². The Morgan fingerprint density at radius 1 is 1.35 bits per heavy atom. The van der Waals surface area contributed by atoms with Gasteiger partial charge in [0.05, 0.1) is 11.6 Å². The van der Waals surface area contributed by atoms with Crippen LogP contribution in [0.3, 0.4) is 0 Å². The van der Waals surface area contributed by atoms with Gasteiger partial charge in [-0.05, 0) is 25.0 Å². The summed E-state index contributed by atoms with van der Waals surface area (Å²) in [6, 6.07) is 7.03. The molecule has 0 amide bonds. The van der Waals surface area contributed by atoms with Crippen LogP contribution in [0.15, 0.2) is 36.9 Å². The van der Waals surface area contributed by atoms with Crippen molar-refractivity contribution in [1.82, 2.24) is 14.8 Å². The van der Waals surface area contributed by atoms with Crippen molar-refractivity contribution >= 4 is 17.4 Å². The molecule has 0 aliphatic rings. The van der Waals surface area contributed by atoms with E-state index < -0.39 is 5.41 Å². The molecule has 0 fully saturated rings. The summed E-state index contributed by atoms with van der Waals surface area (Å²) in [6.07, 6.45) is 4.40. The predicted molar refractivity (Wildman–Crippen MR) is 89.7 cm³/mol. The lowest BCUT2D eigenvalue weighted by molar-refractivity contribution is -0.130. The molecule has 1 aromatic carbocycles. The Kier molecular flexibility index (Phi) is 5.77. The molecule has 0 radical (unpaired) electrons. The number of hydrogen-bond acceptors (Lipinski definition) is 4. The Morgan fingerprint density at radius 3 is 2.70 bits per heavy atom. The van der Waals surface area contributed by atoms with Crippen molar-refractivity contribution in [3.8, 4) is 5.75 Å². The van der Waals surface area contributed by atoms with E-state index in [9.17, 15) is 4.79 Å². The Balaban J connectivity index is 1.94. The van der Waals surface area contributed by atoms with Gasteiger partial charge in [-0.1, -0.05) is 44.5 Å². The second-order valence-electron chi connectivity index (χ2n) is 6.43. The van der Waals surface area contributed by atoms with Crippen molar-refractivity contribution in [2.75, 3.05) is 6.61 Å². The lowest BCUT2D eigenvalue weighted by Crippen LogP contribution is -2.31. The van der Waals surface area contributed by atoms with Crippen LogP contribution >= 0.6 is 11.6 Å². The smallest absolute Gasteiger partial charge is 0.162 e. The molecule has 1 aromatic heterocycles. The van der Waals surface area contributed by atoms with Crippen LogP contribution in [0, 0.1) is 5.41 Å². The molecule has 0 aliphatic carbocycles. The van der Waals surface area contributed by atoms with Crippen LogP contribution in [0.1, 0.15) is 39.7 Å². The van der Waals surface area contributed by atoms with Gasteiger partial charge >= 0.3 is 0 Å². The second-order valence-corrected chi connectivity index (χ2v) is 6.83. The molecule has 0 saturated heterocycles. The Labute approximate surface area is 141 Å². The maximum absolute atomic E-state index is 12.6. The third-order valence-electron chi connectivity index (χ3n) is 3.51. The first-order valence-electron chi connectivity index (χ1n) is 7.65. The minimum atomic E-state index is -0.430.